The molecule has 6 nitrogen and oxygen atoms in total. The molecule has 0 fully saturated rings. The van der Waals surface area contributed by atoms with Crippen molar-refractivity contribution in [2.45, 2.75) is 232 Å². The summed E-state index contributed by atoms with van der Waals surface area (Å²) >= 11 is 0. The molecule has 0 aliphatic rings. The van der Waals surface area contributed by atoms with E-state index >= 15 is 0 Å². The minimum atomic E-state index is -0.830. The summed E-state index contributed by atoms with van der Waals surface area (Å²) in [6, 6.07) is 0. The Labute approximate surface area is 412 Å². The Morgan fingerprint density at radius 2 is 0.612 bits per heavy atom. The third-order valence-corrected chi connectivity index (χ3v) is 10.9. The summed E-state index contributed by atoms with van der Waals surface area (Å²) in [6.07, 6.45) is 74.8. The van der Waals surface area contributed by atoms with E-state index in [2.05, 4.69) is 136 Å². The highest BCUT2D eigenvalue weighted by Crippen LogP contribution is 2.13. The Morgan fingerprint density at radius 3 is 1.07 bits per heavy atom. The van der Waals surface area contributed by atoms with Crippen molar-refractivity contribution in [2.75, 3.05) is 13.2 Å². The van der Waals surface area contributed by atoms with Gasteiger partial charge in [0.15, 0.2) is 6.10 Å². The maximum atomic E-state index is 12.8. The zero-order valence-electron chi connectivity index (χ0n) is 43.1. The van der Waals surface area contributed by atoms with Crippen LogP contribution in [-0.2, 0) is 28.6 Å². The van der Waals surface area contributed by atoms with E-state index in [0.717, 1.165) is 83.5 Å². The highest BCUT2D eigenvalue weighted by atomic mass is 16.6. The molecule has 0 spiro atoms. The van der Waals surface area contributed by atoms with Crippen LogP contribution in [0.3, 0.4) is 0 Å². The van der Waals surface area contributed by atoms with Crippen molar-refractivity contribution in [3.05, 3.63) is 122 Å². The number of ether oxygens (including phenoxy) is 3. The Kier molecular flexibility index (Phi) is 51.0. The molecule has 6 heteroatoms. The first kappa shape index (κ1) is 62.8. The Hall–Kier alpha value is -4.19. The van der Waals surface area contributed by atoms with Crippen LogP contribution >= 0.6 is 0 Å². The minimum Gasteiger partial charge on any atom is -0.462 e. The van der Waals surface area contributed by atoms with Gasteiger partial charge in [-0.2, -0.15) is 0 Å². The maximum Gasteiger partial charge on any atom is 0.306 e. The van der Waals surface area contributed by atoms with Crippen LogP contribution in [0.5, 0.6) is 0 Å². The van der Waals surface area contributed by atoms with Crippen molar-refractivity contribution < 1.29 is 28.6 Å². The standard InChI is InChI=1S/C61H98O6/c1-4-7-10-13-16-19-22-25-28-29-30-31-34-36-39-42-45-48-51-54-60(63)66-57-58(67-61(64)55-52-49-46-43-40-37-33-27-24-21-18-15-12-9-6-3)56-65-59(62)53-50-47-44-41-38-35-32-26-23-20-17-14-11-8-5-2/h8,11,16-17,19-21,24-26,28,30-32,36,38-39,41,45,48,58H,4-7,9-10,12-15,18,22-23,27,29,33-35,37,40,42-44,46-47,49-57H2,1-3H3/b11-8-,19-16-,20-17-,24-21-,28-25-,31-30-,32-26-,39-36-,41-38-,48-45-/t58-/m1/s1. The molecule has 0 aromatic carbocycles. The van der Waals surface area contributed by atoms with Gasteiger partial charge in [0, 0.05) is 19.3 Å². The van der Waals surface area contributed by atoms with Gasteiger partial charge in [0.2, 0.25) is 0 Å². The van der Waals surface area contributed by atoms with Gasteiger partial charge in [-0.1, -0.05) is 206 Å². The Balaban J connectivity index is 4.58. The highest BCUT2D eigenvalue weighted by molar-refractivity contribution is 5.71. The second-order valence-electron chi connectivity index (χ2n) is 17.4. The number of hydrogen-bond donors (Lipinski definition) is 0. The predicted octanol–water partition coefficient (Wildman–Crippen LogP) is 18.1. The number of unbranched alkanes of at least 4 members (excludes halogenated alkanes) is 16. The van der Waals surface area contributed by atoms with Crippen molar-refractivity contribution in [3.8, 4) is 0 Å². The first-order chi connectivity index (χ1) is 33.0. The van der Waals surface area contributed by atoms with E-state index in [9.17, 15) is 14.4 Å². The number of hydrogen-bond acceptors (Lipinski definition) is 6. The van der Waals surface area contributed by atoms with Crippen molar-refractivity contribution in [2.24, 2.45) is 0 Å². The molecule has 0 aliphatic heterocycles. The lowest BCUT2D eigenvalue weighted by molar-refractivity contribution is -0.166. The van der Waals surface area contributed by atoms with Gasteiger partial charge in [0.1, 0.15) is 13.2 Å². The molecule has 0 aliphatic carbocycles. The number of esters is 3. The summed E-state index contributed by atoms with van der Waals surface area (Å²) in [6.45, 7) is 6.37. The van der Waals surface area contributed by atoms with Crippen LogP contribution in [0.1, 0.15) is 226 Å². The molecule has 0 saturated heterocycles. The normalized spacial score (nSPS) is 13.1. The smallest absolute Gasteiger partial charge is 0.306 e. The van der Waals surface area contributed by atoms with Gasteiger partial charge in [-0.25, -0.2) is 0 Å². The van der Waals surface area contributed by atoms with Crippen molar-refractivity contribution in [3.63, 3.8) is 0 Å². The van der Waals surface area contributed by atoms with Crippen LogP contribution in [-0.4, -0.2) is 37.2 Å². The molecule has 378 valence electrons. The van der Waals surface area contributed by atoms with E-state index in [1.807, 2.05) is 6.08 Å². The SMILES string of the molecule is CC/C=C\C/C=C\C/C=C\C/C=C\CCCCC(=O)OC[C@H](COC(=O)CC/C=C\C/C=C\C/C=C\C/C=C\C/C=C\CCCCC)OC(=O)CCCCCCCCC/C=C\CCCCCC. The molecule has 0 aromatic heterocycles. The van der Waals surface area contributed by atoms with Crippen LogP contribution in [0, 0.1) is 0 Å². The zero-order valence-corrected chi connectivity index (χ0v) is 43.1. The van der Waals surface area contributed by atoms with E-state index in [1.54, 1.807) is 0 Å². The fourth-order valence-electron chi connectivity index (χ4n) is 6.88. The third-order valence-electron chi connectivity index (χ3n) is 10.9. The molecule has 0 heterocycles. The van der Waals surface area contributed by atoms with Gasteiger partial charge in [-0.15, -0.1) is 0 Å². The molecule has 0 unspecified atom stereocenters. The molecule has 0 rings (SSSR count). The van der Waals surface area contributed by atoms with Crippen LogP contribution in [0.15, 0.2) is 122 Å². The summed E-state index contributed by atoms with van der Waals surface area (Å²) in [5.41, 5.74) is 0. The molecule has 0 bridgehead atoms. The largest absolute Gasteiger partial charge is 0.462 e. The summed E-state index contributed by atoms with van der Waals surface area (Å²) in [5, 5.41) is 0. The Bertz CT molecular complexity index is 1440. The topological polar surface area (TPSA) is 78.9 Å². The van der Waals surface area contributed by atoms with E-state index in [4.69, 9.17) is 14.2 Å². The molecule has 0 saturated carbocycles. The lowest BCUT2D eigenvalue weighted by atomic mass is 10.1. The van der Waals surface area contributed by atoms with Gasteiger partial charge in [0.05, 0.1) is 0 Å². The molecule has 67 heavy (non-hydrogen) atoms. The fraction of sp³-hybridized carbons (Fsp3) is 0.623. The van der Waals surface area contributed by atoms with Crippen LogP contribution in [0.25, 0.3) is 0 Å². The van der Waals surface area contributed by atoms with Crippen molar-refractivity contribution >= 4 is 17.9 Å². The predicted molar refractivity (Wildman–Crippen MR) is 288 cm³/mol. The maximum absolute atomic E-state index is 12.8. The van der Waals surface area contributed by atoms with E-state index in [1.165, 1.54) is 89.9 Å². The minimum absolute atomic E-state index is 0.127. The van der Waals surface area contributed by atoms with E-state index < -0.39 is 6.10 Å². The summed E-state index contributed by atoms with van der Waals surface area (Å²) in [4.78, 5) is 38.0. The fourth-order valence-corrected chi connectivity index (χ4v) is 6.88. The summed E-state index contributed by atoms with van der Waals surface area (Å²) < 4.78 is 16.7. The average molecular weight is 927 g/mol. The van der Waals surface area contributed by atoms with Crippen molar-refractivity contribution in [1.29, 1.82) is 0 Å². The number of allylic oxidation sites excluding steroid dienone is 20. The molecule has 0 aromatic rings. The van der Waals surface area contributed by atoms with Crippen molar-refractivity contribution in [1.82, 2.24) is 0 Å². The quantitative estimate of drug-likeness (QED) is 0.0262. The molecular formula is C61H98O6. The van der Waals surface area contributed by atoms with Gasteiger partial charge >= 0.3 is 17.9 Å². The lowest BCUT2D eigenvalue weighted by Gasteiger charge is -2.18. The first-order valence-corrected chi connectivity index (χ1v) is 27.0. The second kappa shape index (κ2) is 54.4. The zero-order chi connectivity index (χ0) is 48.6. The van der Waals surface area contributed by atoms with Crippen LogP contribution in [0.2, 0.25) is 0 Å². The van der Waals surface area contributed by atoms with Crippen LogP contribution < -0.4 is 0 Å². The van der Waals surface area contributed by atoms with Crippen LogP contribution in [0.4, 0.5) is 0 Å². The first-order valence-electron chi connectivity index (χ1n) is 27.0. The number of carbonyl (C=O) groups is 3. The summed E-state index contributed by atoms with van der Waals surface area (Å²) in [7, 11) is 0. The number of rotatable bonds is 47. The van der Waals surface area contributed by atoms with Gasteiger partial charge in [-0.05, 0) is 122 Å². The van der Waals surface area contributed by atoms with Gasteiger partial charge in [-0.3, -0.25) is 14.4 Å². The van der Waals surface area contributed by atoms with Gasteiger partial charge < -0.3 is 14.2 Å². The molecule has 0 radical (unpaired) electrons. The highest BCUT2D eigenvalue weighted by Gasteiger charge is 2.19. The monoisotopic (exact) mass is 927 g/mol. The molecular weight excluding hydrogens is 829 g/mol. The van der Waals surface area contributed by atoms with E-state index in [0.29, 0.717) is 19.3 Å². The summed E-state index contributed by atoms with van der Waals surface area (Å²) in [5.74, 6) is -1.06. The third kappa shape index (κ3) is 52.6. The average Bonchev–Trinajstić information content (AvgIpc) is 3.33. The molecule has 1 atom stereocenters. The second-order valence-corrected chi connectivity index (χ2v) is 17.4. The van der Waals surface area contributed by atoms with E-state index in [-0.39, 0.29) is 44.0 Å². The molecule has 0 amide bonds. The number of carbonyl (C=O) groups excluding carboxylic acids is 3. The molecule has 0 N–H and O–H groups in total. The lowest BCUT2D eigenvalue weighted by Crippen LogP contribution is -2.30. The Morgan fingerprint density at radius 1 is 0.313 bits per heavy atom. The van der Waals surface area contributed by atoms with Gasteiger partial charge in [0.25, 0.3) is 0 Å².